The van der Waals surface area contributed by atoms with E-state index in [1.807, 2.05) is 94.7 Å². The summed E-state index contributed by atoms with van der Waals surface area (Å²) >= 11 is 0. The van der Waals surface area contributed by atoms with Crippen LogP contribution in [0.4, 0.5) is 0 Å². The Kier molecular flexibility index (Phi) is 24.8. The van der Waals surface area contributed by atoms with Gasteiger partial charge in [0.15, 0.2) is 11.6 Å². The molecule has 2 atom stereocenters. The molecule has 68 heavy (non-hydrogen) atoms. The third-order valence-corrected chi connectivity index (χ3v) is 10.4. The number of esters is 1. The number of nitrogens with one attached hydrogen (secondary N) is 2. The van der Waals surface area contributed by atoms with Crippen LogP contribution in [-0.2, 0) is 65.6 Å². The lowest BCUT2D eigenvalue weighted by molar-refractivity contribution is -0.147. The molecule has 2 amide bonds. The minimum absolute atomic E-state index is 0.0140. The summed E-state index contributed by atoms with van der Waals surface area (Å²) in [5.41, 5.74) is 1.73. The first-order valence-electron chi connectivity index (χ1n) is 22.9. The highest BCUT2D eigenvalue weighted by Gasteiger charge is 2.27. The Bertz CT molecular complexity index is 2030. The van der Waals surface area contributed by atoms with Gasteiger partial charge in [0.1, 0.15) is 43.4 Å². The van der Waals surface area contributed by atoms with Crippen molar-refractivity contribution in [1.29, 1.82) is 0 Å². The van der Waals surface area contributed by atoms with E-state index in [4.69, 9.17) is 37.9 Å². The fourth-order valence-electron chi connectivity index (χ4n) is 6.68. The van der Waals surface area contributed by atoms with Gasteiger partial charge in [-0.2, -0.15) is 0 Å². The van der Waals surface area contributed by atoms with Crippen LogP contribution in [0.3, 0.4) is 0 Å². The summed E-state index contributed by atoms with van der Waals surface area (Å²) in [6, 6.07) is 34.4. The maximum Gasteiger partial charge on any atom is 0.308 e. The molecule has 0 bridgehead atoms. The van der Waals surface area contributed by atoms with E-state index < -0.39 is 29.7 Å². The van der Waals surface area contributed by atoms with Gasteiger partial charge in [0, 0.05) is 26.2 Å². The van der Waals surface area contributed by atoms with Gasteiger partial charge in [-0.15, -0.1) is 0 Å². The SMILES string of the molecule is O=C(CN1CCOCCOCCN(CC(=O)N[C@@H](CC(=O)OCc2ccccc2)C(=O)COc2ccccc2)CCOCCOCC1)N[C@@H](COCc1ccccc1)C(=O)COc1ccccc1. The number of para-hydroxylation sites is 2. The standard InChI is InChI=1S/C51H64N4O13/c56-47(39-66-43-17-9-3-10-18-43)45(33-51(60)68-37-42-15-7-2-8-16-42)52-49(58)34-54-21-25-61-29-31-63-27-23-55(24-28-64-32-30-62-26-22-54)35-50(59)53-46(38-65-36-41-13-5-1-6-14-41)48(57)40-67-44-19-11-4-12-20-44/h1-20,45-46H,21-40H2,(H,52,58)(H,53,59)/t45-,46-/m0/s1. The summed E-state index contributed by atoms with van der Waals surface area (Å²) in [5, 5.41) is 5.58. The van der Waals surface area contributed by atoms with Crippen molar-refractivity contribution in [3.63, 3.8) is 0 Å². The maximum atomic E-state index is 13.5. The van der Waals surface area contributed by atoms with E-state index >= 15 is 0 Å². The van der Waals surface area contributed by atoms with Crippen molar-refractivity contribution in [3.8, 4) is 11.5 Å². The van der Waals surface area contributed by atoms with Crippen LogP contribution >= 0.6 is 0 Å². The molecule has 1 saturated heterocycles. The number of ketones is 2. The van der Waals surface area contributed by atoms with Crippen molar-refractivity contribution in [2.45, 2.75) is 31.7 Å². The molecule has 0 saturated carbocycles. The Morgan fingerprint density at radius 3 is 1.31 bits per heavy atom. The highest BCUT2D eigenvalue weighted by molar-refractivity contribution is 5.93. The minimum atomic E-state index is -1.18. The number of carbonyl (C=O) groups excluding carboxylic acids is 5. The average Bonchev–Trinajstić information content (AvgIpc) is 3.36. The molecular formula is C51H64N4O13. The molecule has 2 N–H and O–H groups in total. The average molecular weight is 941 g/mol. The topological polar surface area (TPSA) is 190 Å². The second-order valence-corrected chi connectivity index (χ2v) is 15.7. The summed E-state index contributed by atoms with van der Waals surface area (Å²) in [5.74, 6) is -1.26. The van der Waals surface area contributed by atoms with E-state index in [0.29, 0.717) is 50.9 Å². The molecule has 17 heteroatoms. The zero-order valence-corrected chi connectivity index (χ0v) is 38.5. The molecule has 1 heterocycles. The molecule has 0 radical (unpaired) electrons. The van der Waals surface area contributed by atoms with Crippen LogP contribution in [0.15, 0.2) is 121 Å². The lowest BCUT2D eigenvalue weighted by Crippen LogP contribution is -2.50. The van der Waals surface area contributed by atoms with Crippen molar-refractivity contribution in [2.24, 2.45) is 0 Å². The summed E-state index contributed by atoms with van der Waals surface area (Å²) in [4.78, 5) is 70.2. The second-order valence-electron chi connectivity index (χ2n) is 15.7. The molecule has 0 aliphatic carbocycles. The van der Waals surface area contributed by atoms with E-state index in [1.165, 1.54) is 0 Å². The summed E-state index contributed by atoms with van der Waals surface area (Å²) < 4.78 is 46.0. The number of hydrogen-bond donors (Lipinski definition) is 2. The molecule has 5 rings (SSSR count). The minimum Gasteiger partial charge on any atom is -0.486 e. The van der Waals surface area contributed by atoms with Crippen molar-refractivity contribution in [1.82, 2.24) is 20.4 Å². The number of benzene rings is 4. The molecule has 4 aromatic carbocycles. The Hall–Kier alpha value is -6.05. The third kappa shape index (κ3) is 22.2. The van der Waals surface area contributed by atoms with E-state index in [0.717, 1.165) is 11.1 Å². The first kappa shape index (κ1) is 52.9. The lowest BCUT2D eigenvalue weighted by Gasteiger charge is -2.25. The number of rotatable bonds is 22. The highest BCUT2D eigenvalue weighted by Crippen LogP contribution is 2.11. The van der Waals surface area contributed by atoms with Crippen LogP contribution in [0.2, 0.25) is 0 Å². The van der Waals surface area contributed by atoms with E-state index in [-0.39, 0.29) is 104 Å². The molecule has 1 aliphatic rings. The van der Waals surface area contributed by atoms with Crippen molar-refractivity contribution >= 4 is 29.4 Å². The zero-order chi connectivity index (χ0) is 47.9. The summed E-state index contributed by atoms with van der Waals surface area (Å²) in [6.45, 7) is 3.38. The fraction of sp³-hybridized carbons (Fsp3) is 0.431. The lowest BCUT2D eigenvalue weighted by atomic mass is 10.1. The third-order valence-electron chi connectivity index (χ3n) is 10.4. The number of ether oxygens (including phenoxy) is 8. The Morgan fingerprint density at radius 2 is 0.868 bits per heavy atom. The Balaban J connectivity index is 1.07. The molecule has 0 aromatic heterocycles. The van der Waals surface area contributed by atoms with E-state index in [9.17, 15) is 24.0 Å². The van der Waals surface area contributed by atoms with E-state index in [2.05, 4.69) is 10.6 Å². The molecular weight excluding hydrogens is 877 g/mol. The molecule has 0 spiro atoms. The van der Waals surface area contributed by atoms with E-state index in [1.54, 1.807) is 36.4 Å². The summed E-state index contributed by atoms with van der Waals surface area (Å²) in [6.07, 6.45) is -0.370. The van der Waals surface area contributed by atoms with Gasteiger partial charge < -0.3 is 48.5 Å². The zero-order valence-electron chi connectivity index (χ0n) is 38.5. The van der Waals surface area contributed by atoms with Crippen molar-refractivity contribution < 1.29 is 61.9 Å². The second kappa shape index (κ2) is 31.8. The van der Waals surface area contributed by atoms with Crippen LogP contribution < -0.4 is 20.1 Å². The molecule has 0 unspecified atom stereocenters. The van der Waals surface area contributed by atoms with Crippen LogP contribution in [0.25, 0.3) is 0 Å². The normalized spacial score (nSPS) is 15.9. The quantitative estimate of drug-likeness (QED) is 0.109. The molecule has 17 nitrogen and oxygen atoms in total. The monoisotopic (exact) mass is 940 g/mol. The first-order chi connectivity index (χ1) is 33.3. The van der Waals surface area contributed by atoms with Gasteiger partial charge in [0.25, 0.3) is 0 Å². The van der Waals surface area contributed by atoms with Crippen LogP contribution in [0.1, 0.15) is 17.5 Å². The molecule has 1 fully saturated rings. The first-order valence-corrected chi connectivity index (χ1v) is 22.9. The van der Waals surface area contributed by atoms with Crippen LogP contribution in [0, 0.1) is 0 Å². The van der Waals surface area contributed by atoms with Crippen molar-refractivity contribution in [3.05, 3.63) is 132 Å². The van der Waals surface area contributed by atoms with Gasteiger partial charge in [-0.1, -0.05) is 97.1 Å². The smallest absolute Gasteiger partial charge is 0.308 e. The number of Topliss-reactive ketones (excluding diaryl/α,β-unsaturated/α-hetero) is 2. The van der Waals surface area contributed by atoms with Gasteiger partial charge in [0.05, 0.1) is 85.6 Å². The van der Waals surface area contributed by atoms with Gasteiger partial charge in [-0.25, -0.2) is 0 Å². The summed E-state index contributed by atoms with van der Waals surface area (Å²) in [7, 11) is 0. The van der Waals surface area contributed by atoms with Gasteiger partial charge in [-0.05, 0) is 35.4 Å². The number of amides is 2. The highest BCUT2D eigenvalue weighted by atomic mass is 16.5. The Labute approximate surface area is 398 Å². The van der Waals surface area contributed by atoms with Crippen LogP contribution in [-0.4, -0.2) is 163 Å². The molecule has 1 aliphatic heterocycles. The largest absolute Gasteiger partial charge is 0.486 e. The predicted molar refractivity (Wildman–Crippen MR) is 251 cm³/mol. The molecule has 366 valence electrons. The number of nitrogens with zero attached hydrogens (tertiary/aromatic N) is 2. The fourth-order valence-corrected chi connectivity index (χ4v) is 6.68. The predicted octanol–water partition coefficient (Wildman–Crippen LogP) is 3.29. The molecule has 4 aromatic rings. The van der Waals surface area contributed by atoms with Gasteiger partial charge in [0.2, 0.25) is 11.8 Å². The Morgan fingerprint density at radius 1 is 0.485 bits per heavy atom. The van der Waals surface area contributed by atoms with Gasteiger partial charge in [-0.3, -0.25) is 33.8 Å². The van der Waals surface area contributed by atoms with Crippen LogP contribution in [0.5, 0.6) is 11.5 Å². The number of hydrogen-bond acceptors (Lipinski definition) is 15. The van der Waals surface area contributed by atoms with Crippen molar-refractivity contribution in [2.75, 3.05) is 112 Å². The maximum absolute atomic E-state index is 13.5. The number of carbonyl (C=O) groups is 5. The van der Waals surface area contributed by atoms with Gasteiger partial charge >= 0.3 is 5.97 Å².